The Bertz CT molecular complexity index is 29.6. The van der Waals surface area contributed by atoms with Gasteiger partial charge in [-0.1, -0.05) is 0 Å². The summed E-state index contributed by atoms with van der Waals surface area (Å²) >= 11 is 0. The summed E-state index contributed by atoms with van der Waals surface area (Å²) in [4.78, 5) is 0. The molecule has 0 unspecified atom stereocenters. The Labute approximate surface area is 75.8 Å². The molecule has 0 rings (SSSR count). The average molecular weight is 192 g/mol. The van der Waals surface area contributed by atoms with Crippen molar-refractivity contribution in [1.29, 1.82) is 0 Å². The second-order valence-electron chi connectivity index (χ2n) is 1.11. The van der Waals surface area contributed by atoms with Crippen molar-refractivity contribution in [3.05, 3.63) is 7.11 Å². The first kappa shape index (κ1) is 11.8. The third-order valence-electron chi connectivity index (χ3n) is 0.576. The minimum Gasteiger partial charge on any atom is -0.553 e. The van der Waals surface area contributed by atoms with Gasteiger partial charge in [0, 0.05) is 45.9 Å². The molecule has 0 saturated carbocycles. The van der Waals surface area contributed by atoms with E-state index in [1.165, 1.54) is 0 Å². The van der Waals surface area contributed by atoms with Crippen LogP contribution in [0.5, 0.6) is 0 Å². The predicted molar refractivity (Wildman–Crippen MR) is 27.8 cm³/mol. The van der Waals surface area contributed by atoms with E-state index in [1.807, 2.05) is 6.92 Å². The first-order chi connectivity index (χ1) is 3.41. The molecule has 0 bridgehead atoms. The van der Waals surface area contributed by atoms with Crippen molar-refractivity contribution in [2.24, 2.45) is 0 Å². The molecule has 8 heavy (non-hydrogen) atoms. The molecule has 0 N–H and O–H groups in total. The van der Waals surface area contributed by atoms with Crippen molar-refractivity contribution >= 4 is 0 Å². The molecule has 0 fully saturated rings. The molecule has 0 aliphatic heterocycles. The van der Waals surface area contributed by atoms with Gasteiger partial charge in [0.25, 0.3) is 0 Å². The van der Waals surface area contributed by atoms with E-state index < -0.39 is 0 Å². The van der Waals surface area contributed by atoms with Gasteiger partial charge in [-0.2, -0.15) is 0 Å². The molecule has 0 aromatic carbocycles. The summed E-state index contributed by atoms with van der Waals surface area (Å²) in [6.45, 7) is 3.94. The van der Waals surface area contributed by atoms with Gasteiger partial charge in [-0.3, -0.25) is 0 Å². The van der Waals surface area contributed by atoms with Gasteiger partial charge in [-0.15, -0.1) is 0 Å². The zero-order valence-electron chi connectivity index (χ0n) is 5.22. The number of rotatable bonds is 4. The van der Waals surface area contributed by atoms with E-state index in [0.717, 1.165) is 6.61 Å². The number of ether oxygens (including phenoxy) is 2. The van der Waals surface area contributed by atoms with Gasteiger partial charge in [-0.05, 0) is 6.92 Å². The molecular formula is C5H11O2Y-. The third-order valence-corrected chi connectivity index (χ3v) is 0.576. The largest absolute Gasteiger partial charge is 0.553 e. The smallest absolute Gasteiger partial charge is 0.0670 e. The fourth-order valence-corrected chi connectivity index (χ4v) is 0.262. The molecule has 0 aliphatic rings. The second kappa shape index (κ2) is 10.9. The minimum atomic E-state index is 0. The quantitative estimate of drug-likeness (QED) is 0.485. The van der Waals surface area contributed by atoms with Crippen LogP contribution in [0.15, 0.2) is 0 Å². The molecule has 0 amide bonds. The average Bonchev–Trinajstić information content (AvgIpc) is 1.69. The second-order valence-corrected chi connectivity index (χ2v) is 1.11. The van der Waals surface area contributed by atoms with Gasteiger partial charge in [0.2, 0.25) is 0 Å². The van der Waals surface area contributed by atoms with E-state index in [1.54, 1.807) is 0 Å². The molecule has 0 aliphatic carbocycles. The van der Waals surface area contributed by atoms with Gasteiger partial charge in [0.1, 0.15) is 0 Å². The summed E-state index contributed by atoms with van der Waals surface area (Å²) in [5, 5.41) is 0. The van der Waals surface area contributed by atoms with E-state index >= 15 is 0 Å². The standard InChI is InChI=1S/C5H11O2.Y/c1-3-7-5-4-6-2;/h2-5H2,1H3;/q-1;. The molecule has 0 heterocycles. The normalized spacial score (nSPS) is 8.25. The summed E-state index contributed by atoms with van der Waals surface area (Å²) in [6.07, 6.45) is 0. The van der Waals surface area contributed by atoms with Gasteiger partial charge in [0.05, 0.1) is 6.61 Å². The molecule has 0 aromatic heterocycles. The van der Waals surface area contributed by atoms with Crippen LogP contribution >= 0.6 is 0 Å². The maximum absolute atomic E-state index is 4.91. The Hall–Kier alpha value is 1.02. The maximum Gasteiger partial charge on any atom is 0.0670 e. The van der Waals surface area contributed by atoms with Gasteiger partial charge in [-0.25, -0.2) is 7.11 Å². The van der Waals surface area contributed by atoms with E-state index in [0.29, 0.717) is 13.2 Å². The molecule has 1 radical (unpaired) electrons. The Morgan fingerprint density at radius 1 is 1.38 bits per heavy atom. The summed E-state index contributed by atoms with van der Waals surface area (Å²) < 4.78 is 9.38. The van der Waals surface area contributed by atoms with Crippen LogP contribution < -0.4 is 0 Å². The van der Waals surface area contributed by atoms with E-state index in [2.05, 4.69) is 11.8 Å². The van der Waals surface area contributed by atoms with Crippen LogP contribution in [0.25, 0.3) is 0 Å². The van der Waals surface area contributed by atoms with Crippen molar-refractivity contribution < 1.29 is 42.2 Å². The van der Waals surface area contributed by atoms with Crippen molar-refractivity contribution in [2.75, 3.05) is 19.8 Å². The topological polar surface area (TPSA) is 18.5 Å². The monoisotopic (exact) mass is 192 g/mol. The van der Waals surface area contributed by atoms with Crippen molar-refractivity contribution in [3.8, 4) is 0 Å². The zero-order valence-corrected chi connectivity index (χ0v) is 8.06. The molecular weight excluding hydrogens is 181 g/mol. The van der Waals surface area contributed by atoms with E-state index in [-0.39, 0.29) is 32.7 Å². The molecule has 0 saturated heterocycles. The van der Waals surface area contributed by atoms with Crippen molar-refractivity contribution in [3.63, 3.8) is 0 Å². The van der Waals surface area contributed by atoms with Crippen LogP contribution in [0.3, 0.4) is 0 Å². The van der Waals surface area contributed by atoms with Crippen LogP contribution in [0.2, 0.25) is 0 Å². The summed E-state index contributed by atoms with van der Waals surface area (Å²) in [5.41, 5.74) is 0. The van der Waals surface area contributed by atoms with Gasteiger partial charge in [0.15, 0.2) is 0 Å². The van der Waals surface area contributed by atoms with Crippen LogP contribution in [0.4, 0.5) is 0 Å². The van der Waals surface area contributed by atoms with E-state index in [4.69, 9.17) is 4.74 Å². The Balaban J connectivity index is 0. The van der Waals surface area contributed by atoms with Gasteiger partial charge >= 0.3 is 0 Å². The Morgan fingerprint density at radius 2 is 2.00 bits per heavy atom. The van der Waals surface area contributed by atoms with E-state index in [9.17, 15) is 0 Å². The number of hydrogen-bond donors (Lipinski definition) is 0. The molecule has 0 spiro atoms. The maximum atomic E-state index is 4.91. The number of hydrogen-bond acceptors (Lipinski definition) is 2. The van der Waals surface area contributed by atoms with Crippen LogP contribution in [-0.2, 0) is 42.2 Å². The van der Waals surface area contributed by atoms with Gasteiger partial charge < -0.3 is 9.47 Å². The first-order valence-corrected chi connectivity index (χ1v) is 2.36. The van der Waals surface area contributed by atoms with Crippen LogP contribution in [0.1, 0.15) is 6.92 Å². The fourth-order valence-electron chi connectivity index (χ4n) is 0.262. The SMILES string of the molecule is [CH2-]OCCOCC.[Y]. The molecule has 0 aromatic rings. The summed E-state index contributed by atoms with van der Waals surface area (Å²) in [5.74, 6) is 0. The fraction of sp³-hybridized carbons (Fsp3) is 0.800. The van der Waals surface area contributed by atoms with Crippen LogP contribution in [-0.4, -0.2) is 19.8 Å². The summed E-state index contributed by atoms with van der Waals surface area (Å²) in [7, 11) is 3.18. The molecule has 0 atom stereocenters. The minimum absolute atomic E-state index is 0. The molecule has 2 nitrogen and oxygen atoms in total. The predicted octanol–water partition coefficient (Wildman–Crippen LogP) is 0.829. The molecule has 47 valence electrons. The van der Waals surface area contributed by atoms with Crippen molar-refractivity contribution in [2.45, 2.75) is 6.92 Å². The third kappa shape index (κ3) is 10.1. The first-order valence-electron chi connectivity index (χ1n) is 2.36. The summed E-state index contributed by atoms with van der Waals surface area (Å²) in [6, 6.07) is 0. The zero-order chi connectivity index (χ0) is 5.54. The molecule has 3 heteroatoms. The van der Waals surface area contributed by atoms with Crippen LogP contribution in [0, 0.1) is 7.11 Å². The van der Waals surface area contributed by atoms with Crippen molar-refractivity contribution in [1.82, 2.24) is 0 Å². The Morgan fingerprint density at radius 3 is 2.38 bits per heavy atom. The Kier molecular flexibility index (Phi) is 16.1.